The lowest BCUT2D eigenvalue weighted by molar-refractivity contribution is 0.150. The Balaban J connectivity index is 1.97. The van der Waals surface area contributed by atoms with Gasteiger partial charge in [0.2, 0.25) is 0 Å². The van der Waals surface area contributed by atoms with E-state index in [1.807, 2.05) is 6.20 Å². The van der Waals surface area contributed by atoms with Crippen LogP contribution in [0.5, 0.6) is 0 Å². The summed E-state index contributed by atoms with van der Waals surface area (Å²) in [6, 6.07) is 0.518. The highest BCUT2D eigenvalue weighted by Crippen LogP contribution is 2.21. The number of fused-ring (bicyclic) bond motifs is 1. The molecule has 1 aromatic heterocycles. The van der Waals surface area contributed by atoms with E-state index in [1.165, 1.54) is 5.82 Å². The normalized spacial score (nSPS) is 19.1. The largest absolute Gasteiger partial charge is 0.333 e. The van der Waals surface area contributed by atoms with Crippen LogP contribution in [-0.4, -0.2) is 40.6 Å². The van der Waals surface area contributed by atoms with Crippen LogP contribution >= 0.6 is 0 Å². The molecule has 17 heavy (non-hydrogen) atoms. The van der Waals surface area contributed by atoms with Gasteiger partial charge in [0.05, 0.1) is 6.54 Å². The van der Waals surface area contributed by atoms with Gasteiger partial charge >= 0.3 is 0 Å². The van der Waals surface area contributed by atoms with E-state index in [2.05, 4.69) is 53.8 Å². The summed E-state index contributed by atoms with van der Waals surface area (Å²) in [6.45, 7) is 11.1. The molecule has 0 aromatic carbocycles. The van der Waals surface area contributed by atoms with E-state index in [1.54, 1.807) is 0 Å². The number of likely N-dealkylation sites (N-methyl/N-ethyl adjacent to an activating group) is 1. The lowest BCUT2D eigenvalue weighted by atomic mass is 9.86. The van der Waals surface area contributed by atoms with Crippen molar-refractivity contribution in [2.75, 3.05) is 20.1 Å². The Bertz CT molecular complexity index is 364. The Kier molecular flexibility index (Phi) is 3.54. The van der Waals surface area contributed by atoms with Gasteiger partial charge in [0.15, 0.2) is 0 Å². The Labute approximate surface area is 104 Å². The molecule has 0 saturated heterocycles. The van der Waals surface area contributed by atoms with E-state index in [9.17, 15) is 0 Å². The summed E-state index contributed by atoms with van der Waals surface area (Å²) < 4.78 is 2.25. The molecule has 1 aromatic rings. The molecule has 1 atom stereocenters. The standard InChI is InChI=1S/C13H24N4/c1-13(2,3)11(14-4)9-16-7-8-17-6-5-15-12(17)10-16/h5-6,11,14H,7-10H2,1-4H3. The Morgan fingerprint density at radius 3 is 2.82 bits per heavy atom. The molecule has 96 valence electrons. The summed E-state index contributed by atoms with van der Waals surface area (Å²) in [6.07, 6.45) is 3.98. The third kappa shape index (κ3) is 2.87. The van der Waals surface area contributed by atoms with Crippen LogP contribution in [0.4, 0.5) is 0 Å². The maximum absolute atomic E-state index is 4.40. The molecule has 0 fully saturated rings. The van der Waals surface area contributed by atoms with E-state index < -0.39 is 0 Å². The van der Waals surface area contributed by atoms with Gasteiger partial charge in [0.25, 0.3) is 0 Å². The molecule has 4 nitrogen and oxygen atoms in total. The van der Waals surface area contributed by atoms with Gasteiger partial charge in [-0.25, -0.2) is 4.98 Å². The van der Waals surface area contributed by atoms with Gasteiger partial charge in [-0.3, -0.25) is 4.90 Å². The van der Waals surface area contributed by atoms with E-state index in [4.69, 9.17) is 0 Å². The molecule has 0 spiro atoms. The summed E-state index contributed by atoms with van der Waals surface area (Å²) in [7, 11) is 2.06. The molecular formula is C13H24N4. The summed E-state index contributed by atoms with van der Waals surface area (Å²) in [4.78, 5) is 6.90. The molecule has 1 N–H and O–H groups in total. The summed E-state index contributed by atoms with van der Waals surface area (Å²) in [5, 5.41) is 3.44. The van der Waals surface area contributed by atoms with Crippen molar-refractivity contribution in [1.29, 1.82) is 0 Å². The van der Waals surface area contributed by atoms with Crippen LogP contribution in [-0.2, 0) is 13.1 Å². The Hall–Kier alpha value is -0.870. The molecule has 1 aliphatic heterocycles. The molecule has 2 heterocycles. The Morgan fingerprint density at radius 2 is 2.18 bits per heavy atom. The number of nitrogens with zero attached hydrogens (tertiary/aromatic N) is 3. The van der Waals surface area contributed by atoms with Crippen molar-refractivity contribution in [2.45, 2.75) is 39.9 Å². The van der Waals surface area contributed by atoms with Crippen molar-refractivity contribution in [1.82, 2.24) is 19.8 Å². The lowest BCUT2D eigenvalue weighted by Crippen LogP contribution is -2.48. The third-order valence-corrected chi connectivity index (χ3v) is 3.66. The number of nitrogens with one attached hydrogen (secondary N) is 1. The predicted octanol–water partition coefficient (Wildman–Crippen LogP) is 1.33. The topological polar surface area (TPSA) is 33.1 Å². The maximum Gasteiger partial charge on any atom is 0.122 e. The first-order chi connectivity index (χ1) is 8.00. The van der Waals surface area contributed by atoms with Crippen LogP contribution in [0.1, 0.15) is 26.6 Å². The molecule has 0 saturated carbocycles. The second-order valence-corrected chi connectivity index (χ2v) is 5.98. The molecule has 0 amide bonds. The fourth-order valence-electron chi connectivity index (χ4n) is 2.44. The molecule has 0 bridgehead atoms. The van der Waals surface area contributed by atoms with Crippen LogP contribution < -0.4 is 5.32 Å². The van der Waals surface area contributed by atoms with Crippen LogP contribution in [0.2, 0.25) is 0 Å². The van der Waals surface area contributed by atoms with Gasteiger partial charge in [0, 0.05) is 38.1 Å². The molecule has 1 aliphatic rings. The average molecular weight is 236 g/mol. The lowest BCUT2D eigenvalue weighted by Gasteiger charge is -2.36. The smallest absolute Gasteiger partial charge is 0.122 e. The van der Waals surface area contributed by atoms with Crippen LogP contribution in [0, 0.1) is 5.41 Å². The quantitative estimate of drug-likeness (QED) is 0.859. The van der Waals surface area contributed by atoms with E-state index in [-0.39, 0.29) is 0 Å². The van der Waals surface area contributed by atoms with Crippen molar-refractivity contribution in [3.63, 3.8) is 0 Å². The predicted molar refractivity (Wildman–Crippen MR) is 69.8 cm³/mol. The zero-order valence-electron chi connectivity index (χ0n) is 11.4. The van der Waals surface area contributed by atoms with Gasteiger partial charge in [0.1, 0.15) is 5.82 Å². The zero-order valence-corrected chi connectivity index (χ0v) is 11.4. The number of hydrogen-bond acceptors (Lipinski definition) is 3. The van der Waals surface area contributed by atoms with E-state index in [0.29, 0.717) is 11.5 Å². The number of imidazole rings is 1. The monoisotopic (exact) mass is 236 g/mol. The van der Waals surface area contributed by atoms with E-state index in [0.717, 1.165) is 26.2 Å². The highest BCUT2D eigenvalue weighted by molar-refractivity contribution is 4.96. The molecule has 2 rings (SSSR count). The highest BCUT2D eigenvalue weighted by atomic mass is 15.2. The SMILES string of the molecule is CNC(CN1CCn2ccnc2C1)C(C)(C)C. The molecule has 4 heteroatoms. The van der Waals surface area contributed by atoms with Gasteiger partial charge < -0.3 is 9.88 Å². The zero-order chi connectivity index (χ0) is 12.5. The number of hydrogen-bond donors (Lipinski definition) is 1. The first-order valence-electron chi connectivity index (χ1n) is 6.40. The maximum atomic E-state index is 4.40. The van der Waals surface area contributed by atoms with Gasteiger partial charge in [-0.05, 0) is 12.5 Å². The minimum absolute atomic E-state index is 0.293. The average Bonchev–Trinajstić information content (AvgIpc) is 2.71. The second kappa shape index (κ2) is 4.78. The molecule has 0 aliphatic carbocycles. The summed E-state index contributed by atoms with van der Waals surface area (Å²) >= 11 is 0. The molecular weight excluding hydrogens is 212 g/mol. The second-order valence-electron chi connectivity index (χ2n) is 5.98. The van der Waals surface area contributed by atoms with Crippen molar-refractivity contribution >= 4 is 0 Å². The first kappa shape index (κ1) is 12.6. The van der Waals surface area contributed by atoms with Crippen molar-refractivity contribution in [3.05, 3.63) is 18.2 Å². The minimum Gasteiger partial charge on any atom is -0.333 e. The van der Waals surface area contributed by atoms with Crippen molar-refractivity contribution in [2.24, 2.45) is 5.41 Å². The fourth-order valence-corrected chi connectivity index (χ4v) is 2.44. The Morgan fingerprint density at radius 1 is 1.41 bits per heavy atom. The fraction of sp³-hybridized carbons (Fsp3) is 0.769. The van der Waals surface area contributed by atoms with E-state index >= 15 is 0 Å². The van der Waals surface area contributed by atoms with Gasteiger partial charge in [-0.1, -0.05) is 20.8 Å². The van der Waals surface area contributed by atoms with Crippen LogP contribution in [0.15, 0.2) is 12.4 Å². The van der Waals surface area contributed by atoms with Crippen molar-refractivity contribution in [3.8, 4) is 0 Å². The first-order valence-corrected chi connectivity index (χ1v) is 6.40. The van der Waals surface area contributed by atoms with Gasteiger partial charge in [-0.15, -0.1) is 0 Å². The molecule has 0 radical (unpaired) electrons. The third-order valence-electron chi connectivity index (χ3n) is 3.66. The highest BCUT2D eigenvalue weighted by Gasteiger charge is 2.26. The van der Waals surface area contributed by atoms with Crippen LogP contribution in [0.25, 0.3) is 0 Å². The van der Waals surface area contributed by atoms with Gasteiger partial charge in [-0.2, -0.15) is 0 Å². The molecule has 1 unspecified atom stereocenters. The minimum atomic E-state index is 0.293. The van der Waals surface area contributed by atoms with Crippen molar-refractivity contribution < 1.29 is 0 Å². The summed E-state index contributed by atoms with van der Waals surface area (Å²) in [5.74, 6) is 1.19. The number of rotatable bonds is 3. The summed E-state index contributed by atoms with van der Waals surface area (Å²) in [5.41, 5.74) is 0.293. The van der Waals surface area contributed by atoms with Crippen LogP contribution in [0.3, 0.4) is 0 Å². The number of aromatic nitrogens is 2.